The second-order valence-corrected chi connectivity index (χ2v) is 12.0. The lowest BCUT2D eigenvalue weighted by Crippen LogP contribution is -2.38. The minimum atomic E-state index is -3.88. The molecule has 5 rings (SSSR count). The summed E-state index contributed by atoms with van der Waals surface area (Å²) in [6, 6.07) is 21.0. The van der Waals surface area contributed by atoms with Crippen molar-refractivity contribution in [2.45, 2.75) is 27.8 Å². The molecule has 35 heavy (non-hydrogen) atoms. The Morgan fingerprint density at radius 1 is 1.06 bits per heavy atom. The van der Waals surface area contributed by atoms with Crippen molar-refractivity contribution in [2.24, 2.45) is 0 Å². The summed E-state index contributed by atoms with van der Waals surface area (Å²) in [6.45, 7) is 0. The zero-order valence-electron chi connectivity index (χ0n) is 18.7. The molecule has 10 heteroatoms. The summed E-state index contributed by atoms with van der Waals surface area (Å²) in [4.78, 5) is 17.0. The number of esters is 1. The lowest BCUT2D eigenvalue weighted by atomic mass is 10.1. The standard InChI is InChI=1S/C25H22N2O5S3/c1-31-18-10-6-16(7-11-18)17-8-12-20(13-9-17)35(29,30)27-22-14-19(32-24(22)28)15-33-25-26-21-4-2-3-5-23(21)34-25/h2-13,19,22,27H,14-15H2,1H3. The van der Waals surface area contributed by atoms with E-state index < -0.39 is 22.0 Å². The highest BCUT2D eigenvalue weighted by molar-refractivity contribution is 8.01. The molecule has 180 valence electrons. The van der Waals surface area contributed by atoms with E-state index in [0.29, 0.717) is 5.75 Å². The largest absolute Gasteiger partial charge is 0.497 e. The summed E-state index contributed by atoms with van der Waals surface area (Å²) in [5.41, 5.74) is 2.75. The Labute approximate surface area is 211 Å². The molecule has 1 N–H and O–H groups in total. The number of thiazole rings is 1. The van der Waals surface area contributed by atoms with E-state index >= 15 is 0 Å². The molecule has 1 aliphatic rings. The number of thioether (sulfide) groups is 1. The van der Waals surface area contributed by atoms with Crippen LogP contribution >= 0.6 is 23.1 Å². The Bertz CT molecular complexity index is 1420. The van der Waals surface area contributed by atoms with Gasteiger partial charge in [-0.2, -0.15) is 4.72 Å². The maximum atomic E-state index is 12.9. The molecule has 0 bridgehead atoms. The number of para-hydroxylation sites is 1. The van der Waals surface area contributed by atoms with Crippen LogP contribution in [0, 0.1) is 0 Å². The van der Waals surface area contributed by atoms with Crippen LogP contribution in [0.25, 0.3) is 21.3 Å². The van der Waals surface area contributed by atoms with Gasteiger partial charge in [0.2, 0.25) is 10.0 Å². The SMILES string of the molecule is COc1ccc(-c2ccc(S(=O)(=O)NC3CC(CSc4nc5ccccc5s4)OC3=O)cc2)cc1. The van der Waals surface area contributed by atoms with Crippen LogP contribution in [0.1, 0.15) is 6.42 Å². The van der Waals surface area contributed by atoms with E-state index in [4.69, 9.17) is 9.47 Å². The fourth-order valence-electron chi connectivity index (χ4n) is 3.79. The Morgan fingerprint density at radius 2 is 1.74 bits per heavy atom. The van der Waals surface area contributed by atoms with Crippen LogP contribution in [0.2, 0.25) is 0 Å². The summed E-state index contributed by atoms with van der Waals surface area (Å²) < 4.78 is 40.9. The fraction of sp³-hybridized carbons (Fsp3) is 0.200. The first-order valence-electron chi connectivity index (χ1n) is 10.9. The van der Waals surface area contributed by atoms with Gasteiger partial charge in [-0.25, -0.2) is 13.4 Å². The van der Waals surface area contributed by atoms with Crippen molar-refractivity contribution in [3.63, 3.8) is 0 Å². The number of fused-ring (bicyclic) bond motifs is 1. The normalized spacial score (nSPS) is 18.0. The van der Waals surface area contributed by atoms with Crippen LogP contribution in [0.4, 0.5) is 0 Å². The molecule has 3 aromatic carbocycles. The lowest BCUT2D eigenvalue weighted by Gasteiger charge is -2.11. The fourth-order valence-corrected chi connectivity index (χ4v) is 7.09. The van der Waals surface area contributed by atoms with E-state index in [1.807, 2.05) is 48.5 Å². The van der Waals surface area contributed by atoms with Crippen molar-refractivity contribution in [3.8, 4) is 16.9 Å². The van der Waals surface area contributed by atoms with Gasteiger partial charge in [-0.15, -0.1) is 11.3 Å². The van der Waals surface area contributed by atoms with E-state index in [1.165, 1.54) is 23.9 Å². The Balaban J connectivity index is 1.20. The highest BCUT2D eigenvalue weighted by Crippen LogP contribution is 2.32. The number of sulfonamides is 1. The Hall–Kier alpha value is -2.92. The number of aromatic nitrogens is 1. The second-order valence-electron chi connectivity index (χ2n) is 7.98. The minimum Gasteiger partial charge on any atom is -0.497 e. The van der Waals surface area contributed by atoms with Gasteiger partial charge >= 0.3 is 5.97 Å². The van der Waals surface area contributed by atoms with E-state index in [9.17, 15) is 13.2 Å². The number of hydrogen-bond donors (Lipinski definition) is 1. The van der Waals surface area contributed by atoms with Crippen LogP contribution < -0.4 is 9.46 Å². The summed E-state index contributed by atoms with van der Waals surface area (Å²) in [6.07, 6.45) is -0.107. The van der Waals surface area contributed by atoms with Gasteiger partial charge in [-0.1, -0.05) is 48.2 Å². The molecule has 0 amide bonds. The zero-order chi connectivity index (χ0) is 24.4. The molecule has 1 saturated heterocycles. The second kappa shape index (κ2) is 9.98. The topological polar surface area (TPSA) is 94.6 Å². The third-order valence-corrected chi connectivity index (χ3v) is 9.42. The number of nitrogens with one attached hydrogen (secondary N) is 1. The monoisotopic (exact) mass is 526 g/mol. The summed E-state index contributed by atoms with van der Waals surface area (Å²) >= 11 is 3.09. The number of benzene rings is 3. The molecule has 4 aromatic rings. The van der Waals surface area contributed by atoms with Crippen LogP contribution in [0.5, 0.6) is 5.75 Å². The lowest BCUT2D eigenvalue weighted by molar-refractivity contribution is -0.141. The predicted octanol–water partition coefficient (Wildman–Crippen LogP) is 4.73. The third kappa shape index (κ3) is 5.35. The molecule has 2 atom stereocenters. The zero-order valence-corrected chi connectivity index (χ0v) is 21.2. The molecule has 0 spiro atoms. The number of rotatable bonds is 8. The van der Waals surface area contributed by atoms with E-state index in [1.54, 1.807) is 30.6 Å². The highest BCUT2D eigenvalue weighted by Gasteiger charge is 2.37. The van der Waals surface area contributed by atoms with Crippen LogP contribution in [0.15, 0.2) is 82.0 Å². The quantitative estimate of drug-likeness (QED) is 0.262. The minimum absolute atomic E-state index is 0.0925. The van der Waals surface area contributed by atoms with Crippen molar-refractivity contribution in [1.29, 1.82) is 0 Å². The number of ether oxygens (including phenoxy) is 2. The predicted molar refractivity (Wildman–Crippen MR) is 137 cm³/mol. The number of nitrogens with zero attached hydrogens (tertiary/aromatic N) is 1. The van der Waals surface area contributed by atoms with Gasteiger partial charge in [0.05, 0.1) is 22.2 Å². The average Bonchev–Trinajstić information content (AvgIpc) is 3.45. The summed E-state index contributed by atoms with van der Waals surface area (Å²) in [5, 5.41) is 0. The first kappa shape index (κ1) is 23.8. The Kier molecular flexibility index (Phi) is 6.79. The van der Waals surface area contributed by atoms with Crippen molar-refractivity contribution < 1.29 is 22.7 Å². The van der Waals surface area contributed by atoms with Gasteiger partial charge in [0, 0.05) is 12.2 Å². The number of hydrogen-bond acceptors (Lipinski definition) is 8. The van der Waals surface area contributed by atoms with Crippen molar-refractivity contribution in [3.05, 3.63) is 72.8 Å². The van der Waals surface area contributed by atoms with Gasteiger partial charge in [-0.3, -0.25) is 4.79 Å². The van der Waals surface area contributed by atoms with Crippen LogP contribution in [-0.4, -0.2) is 44.4 Å². The van der Waals surface area contributed by atoms with Crippen LogP contribution in [0.3, 0.4) is 0 Å². The molecule has 1 aliphatic heterocycles. The summed E-state index contributed by atoms with van der Waals surface area (Å²) in [7, 11) is -2.28. The maximum Gasteiger partial charge on any atom is 0.324 e. The Morgan fingerprint density at radius 3 is 2.43 bits per heavy atom. The van der Waals surface area contributed by atoms with Gasteiger partial charge in [-0.05, 0) is 47.5 Å². The number of carbonyl (C=O) groups excluding carboxylic acids is 1. The molecule has 1 fully saturated rings. The van der Waals surface area contributed by atoms with Gasteiger partial charge < -0.3 is 9.47 Å². The maximum absolute atomic E-state index is 12.9. The third-order valence-electron chi connectivity index (χ3n) is 5.62. The molecular formula is C25H22N2O5S3. The van der Waals surface area contributed by atoms with Crippen LogP contribution in [-0.2, 0) is 19.6 Å². The molecule has 0 saturated carbocycles. The first-order chi connectivity index (χ1) is 16.9. The first-order valence-corrected chi connectivity index (χ1v) is 14.2. The van der Waals surface area contributed by atoms with E-state index in [0.717, 1.165) is 31.4 Å². The van der Waals surface area contributed by atoms with Crippen molar-refractivity contribution >= 4 is 49.3 Å². The van der Waals surface area contributed by atoms with Gasteiger partial charge in [0.25, 0.3) is 0 Å². The smallest absolute Gasteiger partial charge is 0.324 e. The van der Waals surface area contributed by atoms with Crippen molar-refractivity contribution in [1.82, 2.24) is 9.71 Å². The molecule has 2 heterocycles. The molecular weight excluding hydrogens is 504 g/mol. The van der Waals surface area contributed by atoms with Crippen molar-refractivity contribution in [2.75, 3.05) is 12.9 Å². The van der Waals surface area contributed by atoms with E-state index in [-0.39, 0.29) is 17.4 Å². The highest BCUT2D eigenvalue weighted by atomic mass is 32.2. The average molecular weight is 527 g/mol. The molecule has 2 unspecified atom stereocenters. The number of carbonyl (C=O) groups is 1. The van der Waals surface area contributed by atoms with E-state index in [2.05, 4.69) is 9.71 Å². The summed E-state index contributed by atoms with van der Waals surface area (Å²) in [5.74, 6) is 0.705. The molecule has 7 nitrogen and oxygen atoms in total. The molecule has 1 aromatic heterocycles. The van der Waals surface area contributed by atoms with Gasteiger partial charge in [0.15, 0.2) is 4.34 Å². The number of cyclic esters (lactones) is 1. The molecule has 0 aliphatic carbocycles. The molecule has 0 radical (unpaired) electrons. The van der Waals surface area contributed by atoms with Gasteiger partial charge in [0.1, 0.15) is 17.9 Å². The number of methoxy groups -OCH3 is 1.